The maximum absolute atomic E-state index is 4.09. The number of rotatable bonds is 3. The van der Waals surface area contributed by atoms with E-state index in [9.17, 15) is 0 Å². The highest BCUT2D eigenvalue weighted by Gasteiger charge is 1.88. The molecule has 0 saturated carbocycles. The van der Waals surface area contributed by atoms with Gasteiger partial charge in [0.05, 0.1) is 0 Å². The fourth-order valence-electron chi connectivity index (χ4n) is 1.36. The third-order valence-electron chi connectivity index (χ3n) is 2.17. The minimum atomic E-state index is 0.956. The Balaban J connectivity index is 0.000000321. The molecular weight excluding hydrogens is 264 g/mol. The number of thioether (sulfide) groups is 1. The van der Waals surface area contributed by atoms with Crippen molar-refractivity contribution in [2.75, 3.05) is 6.26 Å². The van der Waals surface area contributed by atoms with Gasteiger partial charge in [0, 0.05) is 22.7 Å². The molecule has 0 aliphatic heterocycles. The summed E-state index contributed by atoms with van der Waals surface area (Å²) in [5.74, 6) is 0. The highest BCUT2D eigenvalue weighted by atomic mass is 32.2. The molecule has 0 aliphatic rings. The van der Waals surface area contributed by atoms with Gasteiger partial charge in [-0.3, -0.25) is 0 Å². The Labute approximate surface area is 126 Å². The molecule has 2 aromatic rings. The van der Waals surface area contributed by atoms with Crippen molar-refractivity contribution in [3.8, 4) is 0 Å². The fourth-order valence-corrected chi connectivity index (χ4v) is 1.86. The Morgan fingerprint density at radius 3 is 2.65 bits per heavy atom. The zero-order valence-corrected chi connectivity index (χ0v) is 13.6. The SMILES string of the molecule is C=C/C=C(\C=C/C)SC.CC.c1cnc2[nH]ccc2c1. The van der Waals surface area contributed by atoms with Gasteiger partial charge in [0.2, 0.25) is 0 Å². The van der Waals surface area contributed by atoms with Crippen molar-refractivity contribution in [1.82, 2.24) is 9.97 Å². The van der Waals surface area contributed by atoms with Gasteiger partial charge < -0.3 is 4.98 Å². The standard InChI is InChI=1S/C8H12S.C7H6N2.C2H6/c1-4-6-8(9-3)7-5-2;1-2-6-3-5-9-7(6)8-4-1;1-2/h4-7H,1H2,2-3H3;1-5H,(H,8,9);1-2H3/b7-5-,8-6+;;. The van der Waals surface area contributed by atoms with Crippen LogP contribution in [0.3, 0.4) is 0 Å². The predicted octanol–water partition coefficient (Wildman–Crippen LogP) is 5.58. The van der Waals surface area contributed by atoms with Crippen LogP contribution in [0.25, 0.3) is 11.0 Å². The van der Waals surface area contributed by atoms with Gasteiger partial charge in [-0.1, -0.05) is 38.7 Å². The first-order chi connectivity index (χ1) is 9.81. The van der Waals surface area contributed by atoms with E-state index in [4.69, 9.17) is 0 Å². The van der Waals surface area contributed by atoms with Crippen molar-refractivity contribution in [1.29, 1.82) is 0 Å². The number of nitrogens with one attached hydrogen (secondary N) is 1. The molecule has 0 bridgehead atoms. The molecule has 20 heavy (non-hydrogen) atoms. The van der Waals surface area contributed by atoms with Crippen LogP contribution in [0.4, 0.5) is 0 Å². The first-order valence-electron chi connectivity index (χ1n) is 6.69. The molecule has 0 radical (unpaired) electrons. The summed E-state index contributed by atoms with van der Waals surface area (Å²) >= 11 is 1.72. The minimum Gasteiger partial charge on any atom is -0.346 e. The van der Waals surface area contributed by atoms with E-state index in [2.05, 4.69) is 28.9 Å². The molecule has 0 aromatic carbocycles. The van der Waals surface area contributed by atoms with Crippen LogP contribution in [0.5, 0.6) is 0 Å². The fraction of sp³-hybridized carbons (Fsp3) is 0.235. The van der Waals surface area contributed by atoms with Crippen LogP contribution in [-0.2, 0) is 0 Å². The lowest BCUT2D eigenvalue weighted by Crippen LogP contribution is -1.70. The molecule has 0 saturated heterocycles. The van der Waals surface area contributed by atoms with Gasteiger partial charge in [-0.15, -0.1) is 11.8 Å². The molecule has 0 atom stereocenters. The van der Waals surface area contributed by atoms with Gasteiger partial charge in [0.15, 0.2) is 0 Å². The third kappa shape index (κ3) is 7.00. The van der Waals surface area contributed by atoms with E-state index in [-0.39, 0.29) is 0 Å². The topological polar surface area (TPSA) is 28.7 Å². The van der Waals surface area contributed by atoms with Crippen molar-refractivity contribution >= 4 is 22.8 Å². The van der Waals surface area contributed by atoms with E-state index in [1.54, 1.807) is 24.0 Å². The van der Waals surface area contributed by atoms with Crippen LogP contribution < -0.4 is 0 Å². The molecule has 2 nitrogen and oxygen atoms in total. The van der Waals surface area contributed by atoms with Crippen LogP contribution >= 0.6 is 11.8 Å². The maximum Gasteiger partial charge on any atom is 0.137 e. The summed E-state index contributed by atoms with van der Waals surface area (Å²) in [6.07, 6.45) is 13.6. The zero-order valence-electron chi connectivity index (χ0n) is 12.8. The number of hydrogen-bond donors (Lipinski definition) is 1. The molecule has 0 unspecified atom stereocenters. The maximum atomic E-state index is 4.09. The molecule has 0 amide bonds. The number of pyridine rings is 1. The number of fused-ring (bicyclic) bond motifs is 1. The summed E-state index contributed by atoms with van der Waals surface area (Å²) in [5, 5.41) is 1.16. The molecule has 0 fully saturated rings. The molecule has 1 N–H and O–H groups in total. The van der Waals surface area contributed by atoms with Crippen molar-refractivity contribution < 1.29 is 0 Å². The van der Waals surface area contributed by atoms with E-state index in [1.807, 2.05) is 57.3 Å². The van der Waals surface area contributed by atoms with Crippen molar-refractivity contribution in [2.24, 2.45) is 0 Å². The molecule has 108 valence electrons. The van der Waals surface area contributed by atoms with Crippen LogP contribution in [0.2, 0.25) is 0 Å². The van der Waals surface area contributed by atoms with Gasteiger partial charge in [-0.2, -0.15) is 0 Å². The predicted molar refractivity (Wildman–Crippen MR) is 94.1 cm³/mol. The highest BCUT2D eigenvalue weighted by Crippen LogP contribution is 2.12. The number of nitrogens with zero attached hydrogens (tertiary/aromatic N) is 1. The third-order valence-corrected chi connectivity index (χ3v) is 2.91. The summed E-state index contributed by atoms with van der Waals surface area (Å²) < 4.78 is 0. The summed E-state index contributed by atoms with van der Waals surface area (Å²) in [6, 6.07) is 5.96. The van der Waals surface area contributed by atoms with Crippen LogP contribution in [-0.4, -0.2) is 16.2 Å². The largest absolute Gasteiger partial charge is 0.346 e. The summed E-state index contributed by atoms with van der Waals surface area (Å²) in [7, 11) is 0. The molecule has 2 rings (SSSR count). The van der Waals surface area contributed by atoms with Gasteiger partial charge in [-0.25, -0.2) is 4.98 Å². The van der Waals surface area contributed by atoms with Crippen molar-refractivity contribution in [3.63, 3.8) is 0 Å². The smallest absolute Gasteiger partial charge is 0.137 e. The van der Waals surface area contributed by atoms with Crippen LogP contribution in [0, 0.1) is 0 Å². The summed E-state index contributed by atoms with van der Waals surface area (Å²) in [6.45, 7) is 9.61. The summed E-state index contributed by atoms with van der Waals surface area (Å²) in [4.78, 5) is 8.34. The van der Waals surface area contributed by atoms with Gasteiger partial charge in [0.1, 0.15) is 5.65 Å². The quantitative estimate of drug-likeness (QED) is 0.746. The van der Waals surface area contributed by atoms with Gasteiger partial charge in [-0.05, 0) is 37.5 Å². The average molecular weight is 288 g/mol. The van der Waals surface area contributed by atoms with E-state index < -0.39 is 0 Å². The van der Waals surface area contributed by atoms with E-state index in [0.717, 1.165) is 11.0 Å². The first-order valence-corrected chi connectivity index (χ1v) is 7.91. The second-order valence-electron chi connectivity index (χ2n) is 3.43. The van der Waals surface area contributed by atoms with Gasteiger partial charge in [0.25, 0.3) is 0 Å². The Morgan fingerprint density at radius 1 is 1.35 bits per heavy atom. The van der Waals surface area contributed by atoms with Gasteiger partial charge >= 0.3 is 0 Å². The lowest BCUT2D eigenvalue weighted by Gasteiger charge is -1.90. The first kappa shape index (κ1) is 18.3. The van der Waals surface area contributed by atoms with E-state index in [1.165, 1.54) is 4.91 Å². The molecule has 0 spiro atoms. The number of allylic oxidation sites excluding steroid dienone is 4. The molecule has 2 heterocycles. The number of aromatic amines is 1. The molecular formula is C17H24N2S. The van der Waals surface area contributed by atoms with Crippen LogP contribution in [0.1, 0.15) is 20.8 Å². The lowest BCUT2D eigenvalue weighted by molar-refractivity contribution is 1.33. The van der Waals surface area contributed by atoms with Crippen molar-refractivity contribution in [3.05, 3.63) is 66.4 Å². The van der Waals surface area contributed by atoms with E-state index >= 15 is 0 Å². The number of hydrogen-bond acceptors (Lipinski definition) is 2. The zero-order chi connectivity index (χ0) is 15.2. The highest BCUT2D eigenvalue weighted by molar-refractivity contribution is 8.02. The Hall–Kier alpha value is -1.74. The second-order valence-corrected chi connectivity index (χ2v) is 4.31. The average Bonchev–Trinajstić information content (AvgIpc) is 2.98. The Bertz CT molecular complexity index is 508. The molecule has 2 aromatic heterocycles. The van der Waals surface area contributed by atoms with Crippen molar-refractivity contribution in [2.45, 2.75) is 20.8 Å². The Kier molecular flexibility index (Phi) is 11.2. The number of H-pyrrole nitrogens is 1. The minimum absolute atomic E-state index is 0.956. The number of aromatic nitrogens is 2. The second kappa shape index (κ2) is 12.3. The monoisotopic (exact) mass is 288 g/mol. The lowest BCUT2D eigenvalue weighted by atomic mass is 10.3. The molecule has 3 heteroatoms. The van der Waals surface area contributed by atoms with E-state index in [0.29, 0.717) is 0 Å². The molecule has 0 aliphatic carbocycles. The van der Waals surface area contributed by atoms with Crippen LogP contribution in [0.15, 0.2) is 66.4 Å². The summed E-state index contributed by atoms with van der Waals surface area (Å²) in [5.41, 5.74) is 0.956. The normalized spacial score (nSPS) is 10.5. The Morgan fingerprint density at radius 2 is 2.10 bits per heavy atom.